The van der Waals surface area contributed by atoms with Crippen molar-refractivity contribution in [2.45, 2.75) is 24.2 Å². The third-order valence-corrected chi connectivity index (χ3v) is 6.22. The zero-order valence-electron chi connectivity index (χ0n) is 14.9. The van der Waals surface area contributed by atoms with E-state index in [1.807, 2.05) is 0 Å². The molecule has 1 fully saturated rings. The first-order valence-corrected chi connectivity index (χ1v) is 10.6. The molecule has 2 aromatic rings. The molecule has 1 N–H and O–H groups in total. The van der Waals surface area contributed by atoms with Gasteiger partial charge in [0.05, 0.1) is 10.6 Å². The van der Waals surface area contributed by atoms with Gasteiger partial charge in [-0.2, -0.15) is 0 Å². The molecule has 0 atom stereocenters. The van der Waals surface area contributed by atoms with Crippen molar-refractivity contribution in [2.75, 3.05) is 24.2 Å². The minimum Gasteiger partial charge on any atom is -0.339 e. The predicted molar refractivity (Wildman–Crippen MR) is 103 cm³/mol. The van der Waals surface area contributed by atoms with Gasteiger partial charge < -0.3 is 10.2 Å². The molecule has 0 aromatic heterocycles. The number of rotatable bonds is 6. The standard InChI is InChI=1S/C20H22N2O4S/c23-19(11-14-27(25,26)18-9-2-1-3-10-18)21-17-8-6-7-16(15-17)20(24)22-12-4-5-13-22/h1-3,6-10,15H,4-5,11-14H2,(H,21,23). The Bertz CT molecular complexity index is 920. The van der Waals surface area contributed by atoms with Crippen LogP contribution in [0.25, 0.3) is 0 Å². The molecule has 3 rings (SSSR count). The van der Waals surface area contributed by atoms with Gasteiger partial charge in [0.25, 0.3) is 5.91 Å². The fourth-order valence-corrected chi connectivity index (χ4v) is 4.29. The van der Waals surface area contributed by atoms with E-state index < -0.39 is 15.7 Å². The molecular weight excluding hydrogens is 364 g/mol. The number of hydrogen-bond acceptors (Lipinski definition) is 4. The largest absolute Gasteiger partial charge is 0.339 e. The van der Waals surface area contributed by atoms with Crippen LogP contribution in [0.1, 0.15) is 29.6 Å². The topological polar surface area (TPSA) is 83.5 Å². The lowest BCUT2D eigenvalue weighted by atomic mass is 10.1. The molecule has 0 unspecified atom stereocenters. The molecule has 0 saturated carbocycles. The van der Waals surface area contributed by atoms with Gasteiger partial charge in [0.2, 0.25) is 5.91 Å². The molecule has 0 spiro atoms. The Labute approximate surface area is 159 Å². The number of nitrogens with one attached hydrogen (secondary N) is 1. The summed E-state index contributed by atoms with van der Waals surface area (Å²) in [5.41, 5.74) is 1.01. The van der Waals surface area contributed by atoms with Crippen molar-refractivity contribution in [2.24, 2.45) is 0 Å². The van der Waals surface area contributed by atoms with Crippen molar-refractivity contribution in [3.8, 4) is 0 Å². The van der Waals surface area contributed by atoms with E-state index in [-0.39, 0.29) is 23.0 Å². The third kappa shape index (κ3) is 4.95. The lowest BCUT2D eigenvalue weighted by molar-refractivity contribution is -0.115. The number of benzene rings is 2. The van der Waals surface area contributed by atoms with Gasteiger partial charge in [0, 0.05) is 30.8 Å². The molecule has 1 saturated heterocycles. The van der Waals surface area contributed by atoms with Gasteiger partial charge in [-0.25, -0.2) is 8.42 Å². The summed E-state index contributed by atoms with van der Waals surface area (Å²) in [7, 11) is -3.50. The molecule has 1 aliphatic rings. The zero-order valence-corrected chi connectivity index (χ0v) is 15.7. The lowest BCUT2D eigenvalue weighted by Gasteiger charge is -2.15. The Hall–Kier alpha value is -2.67. The predicted octanol–water partition coefficient (Wildman–Crippen LogP) is 2.73. The fourth-order valence-electron chi connectivity index (χ4n) is 3.03. The monoisotopic (exact) mass is 386 g/mol. The SMILES string of the molecule is O=C(CCS(=O)(=O)c1ccccc1)Nc1cccc(C(=O)N2CCCC2)c1. The molecule has 6 nitrogen and oxygen atoms in total. The first kappa shape index (κ1) is 19.1. The molecular formula is C20H22N2O4S. The number of hydrogen-bond donors (Lipinski definition) is 1. The Morgan fingerprint density at radius 1 is 0.963 bits per heavy atom. The van der Waals surface area contributed by atoms with Crippen LogP contribution in [0, 0.1) is 0 Å². The molecule has 7 heteroatoms. The van der Waals surface area contributed by atoms with Crippen molar-refractivity contribution < 1.29 is 18.0 Å². The highest BCUT2D eigenvalue weighted by Crippen LogP contribution is 2.17. The molecule has 27 heavy (non-hydrogen) atoms. The van der Waals surface area contributed by atoms with Crippen LogP contribution in [0.2, 0.25) is 0 Å². The highest BCUT2D eigenvalue weighted by atomic mass is 32.2. The van der Waals surface area contributed by atoms with Crippen molar-refractivity contribution in [3.05, 3.63) is 60.2 Å². The number of nitrogens with zero attached hydrogens (tertiary/aromatic N) is 1. The molecule has 2 amide bonds. The number of anilines is 1. The summed E-state index contributed by atoms with van der Waals surface area (Å²) in [4.78, 5) is 26.6. The van der Waals surface area contributed by atoms with Gasteiger partial charge in [0.1, 0.15) is 0 Å². The summed E-state index contributed by atoms with van der Waals surface area (Å²) in [5, 5.41) is 2.68. The van der Waals surface area contributed by atoms with Gasteiger partial charge in [-0.05, 0) is 43.2 Å². The molecule has 142 valence electrons. The van der Waals surface area contributed by atoms with Crippen LogP contribution >= 0.6 is 0 Å². The smallest absolute Gasteiger partial charge is 0.253 e. The van der Waals surface area contributed by atoms with Crippen LogP contribution in [-0.4, -0.2) is 44.0 Å². The van der Waals surface area contributed by atoms with Crippen molar-refractivity contribution in [3.63, 3.8) is 0 Å². The summed E-state index contributed by atoms with van der Waals surface area (Å²) < 4.78 is 24.5. The van der Waals surface area contributed by atoms with E-state index in [1.165, 1.54) is 12.1 Å². The van der Waals surface area contributed by atoms with Gasteiger partial charge in [0.15, 0.2) is 9.84 Å². The quantitative estimate of drug-likeness (QED) is 0.827. The summed E-state index contributed by atoms with van der Waals surface area (Å²) in [5.74, 6) is -0.717. The average Bonchev–Trinajstić information content (AvgIpc) is 3.22. The van der Waals surface area contributed by atoms with E-state index >= 15 is 0 Å². The van der Waals surface area contributed by atoms with Crippen LogP contribution < -0.4 is 5.32 Å². The summed E-state index contributed by atoms with van der Waals surface area (Å²) in [6.45, 7) is 1.51. The molecule has 1 heterocycles. The maximum absolute atomic E-state index is 12.4. The molecule has 0 aliphatic carbocycles. The summed E-state index contributed by atoms with van der Waals surface area (Å²) in [6.07, 6.45) is 1.87. The normalized spacial score (nSPS) is 14.1. The van der Waals surface area contributed by atoms with Gasteiger partial charge in [-0.1, -0.05) is 24.3 Å². The minimum atomic E-state index is -3.50. The minimum absolute atomic E-state index is 0.0461. The first-order valence-electron chi connectivity index (χ1n) is 8.93. The van der Waals surface area contributed by atoms with Crippen LogP contribution in [0.5, 0.6) is 0 Å². The van der Waals surface area contributed by atoms with E-state index in [1.54, 1.807) is 47.4 Å². The molecule has 0 radical (unpaired) electrons. The lowest BCUT2D eigenvalue weighted by Crippen LogP contribution is -2.27. The number of sulfone groups is 1. The van der Waals surface area contributed by atoms with E-state index in [9.17, 15) is 18.0 Å². The van der Waals surface area contributed by atoms with Crippen LogP contribution in [0.4, 0.5) is 5.69 Å². The Balaban J connectivity index is 1.59. The number of carbonyl (C=O) groups is 2. The van der Waals surface area contributed by atoms with Crippen molar-refractivity contribution >= 4 is 27.3 Å². The first-order chi connectivity index (χ1) is 13.0. The Kier molecular flexibility index (Phi) is 5.91. The second-order valence-electron chi connectivity index (χ2n) is 6.51. The third-order valence-electron chi connectivity index (χ3n) is 4.49. The number of amides is 2. The van der Waals surface area contributed by atoms with E-state index in [0.29, 0.717) is 11.3 Å². The maximum Gasteiger partial charge on any atom is 0.253 e. The maximum atomic E-state index is 12.4. The van der Waals surface area contributed by atoms with Gasteiger partial charge in [-0.15, -0.1) is 0 Å². The van der Waals surface area contributed by atoms with Gasteiger partial charge in [-0.3, -0.25) is 9.59 Å². The Morgan fingerprint density at radius 3 is 2.37 bits per heavy atom. The van der Waals surface area contributed by atoms with E-state index in [0.717, 1.165) is 25.9 Å². The highest BCUT2D eigenvalue weighted by Gasteiger charge is 2.20. The summed E-state index contributed by atoms with van der Waals surface area (Å²) in [6, 6.07) is 14.8. The van der Waals surface area contributed by atoms with Crippen LogP contribution in [-0.2, 0) is 14.6 Å². The zero-order chi connectivity index (χ0) is 19.3. The highest BCUT2D eigenvalue weighted by molar-refractivity contribution is 7.91. The molecule has 0 bridgehead atoms. The van der Waals surface area contributed by atoms with Crippen LogP contribution in [0.15, 0.2) is 59.5 Å². The number of likely N-dealkylation sites (tertiary alicyclic amines) is 1. The fraction of sp³-hybridized carbons (Fsp3) is 0.300. The summed E-state index contributed by atoms with van der Waals surface area (Å²) >= 11 is 0. The van der Waals surface area contributed by atoms with Crippen molar-refractivity contribution in [1.29, 1.82) is 0 Å². The average molecular weight is 386 g/mol. The van der Waals surface area contributed by atoms with Crippen LogP contribution in [0.3, 0.4) is 0 Å². The van der Waals surface area contributed by atoms with E-state index in [4.69, 9.17) is 0 Å². The van der Waals surface area contributed by atoms with Gasteiger partial charge >= 0.3 is 0 Å². The second kappa shape index (κ2) is 8.35. The molecule has 2 aromatic carbocycles. The number of carbonyl (C=O) groups excluding carboxylic acids is 2. The van der Waals surface area contributed by atoms with E-state index in [2.05, 4.69) is 5.32 Å². The molecule has 1 aliphatic heterocycles. The Morgan fingerprint density at radius 2 is 1.67 bits per heavy atom. The second-order valence-corrected chi connectivity index (χ2v) is 8.62. The van der Waals surface area contributed by atoms with Crippen molar-refractivity contribution in [1.82, 2.24) is 4.90 Å².